The van der Waals surface area contributed by atoms with Gasteiger partial charge >= 0.3 is 0 Å². The van der Waals surface area contributed by atoms with Gasteiger partial charge in [-0.25, -0.2) is 4.98 Å². The quantitative estimate of drug-likeness (QED) is 0.714. The number of anilines is 1. The first-order chi connectivity index (χ1) is 12.1. The fraction of sp³-hybridized carbons (Fsp3) is 0.421. The molecule has 132 valence electrons. The summed E-state index contributed by atoms with van der Waals surface area (Å²) in [4.78, 5) is 8.68. The van der Waals surface area contributed by atoms with Crippen LogP contribution in [0.1, 0.15) is 38.4 Å². The van der Waals surface area contributed by atoms with Crippen molar-refractivity contribution in [3.05, 3.63) is 54.0 Å². The summed E-state index contributed by atoms with van der Waals surface area (Å²) in [5.74, 6) is 1.45. The molecule has 0 bridgehead atoms. The lowest BCUT2D eigenvalue weighted by Gasteiger charge is -2.35. The van der Waals surface area contributed by atoms with Crippen molar-refractivity contribution in [3.8, 4) is 0 Å². The second kappa shape index (κ2) is 7.19. The molecule has 0 saturated heterocycles. The molecule has 2 aromatic heterocycles. The standard InChI is InChI=1S/C19H25N5O/c1-5-16(19(2,3)14-9-7-6-8-10-14)23-17-11-15(12-25-4)22-18-20-13-21-24(17)18/h6-11,13,16,23H,5,12H2,1-4H3. The van der Waals surface area contributed by atoms with E-state index in [0.717, 1.165) is 17.9 Å². The number of fused-ring (bicyclic) bond motifs is 1. The van der Waals surface area contributed by atoms with Gasteiger partial charge in [0.2, 0.25) is 0 Å². The first-order valence-electron chi connectivity index (χ1n) is 8.57. The maximum Gasteiger partial charge on any atom is 0.254 e. The summed E-state index contributed by atoms with van der Waals surface area (Å²) >= 11 is 0. The molecule has 0 spiro atoms. The Morgan fingerprint density at radius 3 is 2.68 bits per heavy atom. The van der Waals surface area contributed by atoms with E-state index < -0.39 is 0 Å². The van der Waals surface area contributed by atoms with E-state index >= 15 is 0 Å². The number of benzene rings is 1. The molecule has 1 aromatic carbocycles. The van der Waals surface area contributed by atoms with Crippen molar-refractivity contribution in [2.24, 2.45) is 0 Å². The van der Waals surface area contributed by atoms with Crippen LogP contribution in [0.5, 0.6) is 0 Å². The van der Waals surface area contributed by atoms with Crippen molar-refractivity contribution in [3.63, 3.8) is 0 Å². The molecule has 25 heavy (non-hydrogen) atoms. The van der Waals surface area contributed by atoms with E-state index in [0.29, 0.717) is 12.4 Å². The molecule has 1 N–H and O–H groups in total. The van der Waals surface area contributed by atoms with Crippen molar-refractivity contribution in [2.45, 2.75) is 45.3 Å². The van der Waals surface area contributed by atoms with Crippen LogP contribution in [-0.2, 0) is 16.8 Å². The molecule has 6 nitrogen and oxygen atoms in total. The zero-order valence-corrected chi connectivity index (χ0v) is 15.2. The van der Waals surface area contributed by atoms with E-state index in [9.17, 15) is 0 Å². The van der Waals surface area contributed by atoms with Gasteiger partial charge in [-0.1, -0.05) is 51.1 Å². The molecule has 0 amide bonds. The fourth-order valence-electron chi connectivity index (χ4n) is 3.23. The maximum atomic E-state index is 5.23. The number of aromatic nitrogens is 4. The summed E-state index contributed by atoms with van der Waals surface area (Å²) in [6, 6.07) is 12.8. The number of ether oxygens (including phenoxy) is 1. The molecule has 6 heteroatoms. The number of rotatable bonds is 7. The summed E-state index contributed by atoms with van der Waals surface area (Å²) < 4.78 is 6.97. The topological polar surface area (TPSA) is 64.3 Å². The van der Waals surface area contributed by atoms with Crippen LogP contribution in [0, 0.1) is 0 Å². The molecular weight excluding hydrogens is 314 g/mol. The highest BCUT2D eigenvalue weighted by atomic mass is 16.5. The van der Waals surface area contributed by atoms with Crippen LogP contribution in [-0.4, -0.2) is 32.7 Å². The van der Waals surface area contributed by atoms with Crippen molar-refractivity contribution in [1.29, 1.82) is 0 Å². The van der Waals surface area contributed by atoms with Gasteiger partial charge in [0.25, 0.3) is 5.78 Å². The predicted molar refractivity (Wildman–Crippen MR) is 98.7 cm³/mol. The highest BCUT2D eigenvalue weighted by molar-refractivity contribution is 5.47. The van der Waals surface area contributed by atoms with Crippen LogP contribution in [0.25, 0.3) is 5.78 Å². The minimum atomic E-state index is -0.0480. The van der Waals surface area contributed by atoms with Gasteiger partial charge in [0.1, 0.15) is 12.1 Å². The van der Waals surface area contributed by atoms with Crippen LogP contribution in [0.15, 0.2) is 42.7 Å². The fourth-order valence-corrected chi connectivity index (χ4v) is 3.23. The molecule has 0 aliphatic heterocycles. The number of nitrogens with zero attached hydrogens (tertiary/aromatic N) is 4. The Kier molecular flexibility index (Phi) is 4.99. The van der Waals surface area contributed by atoms with Crippen molar-refractivity contribution < 1.29 is 4.74 Å². The molecule has 1 atom stereocenters. The summed E-state index contributed by atoms with van der Waals surface area (Å²) in [6.07, 6.45) is 2.49. The van der Waals surface area contributed by atoms with Gasteiger partial charge in [-0.3, -0.25) is 0 Å². The Bertz CT molecular complexity index is 828. The summed E-state index contributed by atoms with van der Waals surface area (Å²) in [7, 11) is 1.66. The molecule has 0 saturated carbocycles. The van der Waals surface area contributed by atoms with Crippen LogP contribution >= 0.6 is 0 Å². The monoisotopic (exact) mass is 339 g/mol. The normalized spacial score (nSPS) is 13.1. The number of methoxy groups -OCH3 is 1. The van der Waals surface area contributed by atoms with Gasteiger partial charge in [-0.2, -0.15) is 14.6 Å². The molecule has 0 aliphatic carbocycles. The average molecular weight is 339 g/mol. The van der Waals surface area contributed by atoms with Gasteiger partial charge < -0.3 is 10.1 Å². The third kappa shape index (κ3) is 3.49. The summed E-state index contributed by atoms with van der Waals surface area (Å²) in [5.41, 5.74) is 2.08. The van der Waals surface area contributed by atoms with Gasteiger partial charge in [0.05, 0.1) is 12.3 Å². The van der Waals surface area contributed by atoms with E-state index in [-0.39, 0.29) is 11.5 Å². The summed E-state index contributed by atoms with van der Waals surface area (Å²) in [6.45, 7) is 7.16. The lowest BCUT2D eigenvalue weighted by Crippen LogP contribution is -2.40. The zero-order valence-electron chi connectivity index (χ0n) is 15.2. The van der Waals surface area contributed by atoms with E-state index in [2.05, 4.69) is 65.4 Å². The molecule has 2 heterocycles. The van der Waals surface area contributed by atoms with Gasteiger partial charge in [-0.05, 0) is 12.0 Å². The second-order valence-corrected chi connectivity index (χ2v) is 6.73. The Labute approximate surface area is 148 Å². The van der Waals surface area contributed by atoms with Gasteiger partial charge in [0, 0.05) is 24.6 Å². The smallest absolute Gasteiger partial charge is 0.254 e. The number of nitrogens with one attached hydrogen (secondary N) is 1. The lowest BCUT2D eigenvalue weighted by atomic mass is 9.76. The SMILES string of the molecule is CCC(Nc1cc(COC)nc2ncnn12)C(C)(C)c1ccccc1. The Balaban J connectivity index is 1.96. The first-order valence-corrected chi connectivity index (χ1v) is 8.57. The van der Waals surface area contributed by atoms with E-state index in [1.807, 2.05) is 12.1 Å². The van der Waals surface area contributed by atoms with Crippen molar-refractivity contribution in [1.82, 2.24) is 19.6 Å². The number of hydrogen-bond donors (Lipinski definition) is 1. The second-order valence-electron chi connectivity index (χ2n) is 6.73. The molecule has 0 aliphatic rings. The minimum Gasteiger partial charge on any atom is -0.378 e. The average Bonchev–Trinajstić information content (AvgIpc) is 3.09. The van der Waals surface area contributed by atoms with E-state index in [1.165, 1.54) is 11.9 Å². The van der Waals surface area contributed by atoms with Crippen LogP contribution in [0.3, 0.4) is 0 Å². The Morgan fingerprint density at radius 1 is 1.24 bits per heavy atom. The van der Waals surface area contributed by atoms with Gasteiger partial charge in [0.15, 0.2) is 0 Å². The predicted octanol–water partition coefficient (Wildman–Crippen LogP) is 3.44. The maximum absolute atomic E-state index is 5.23. The molecule has 0 fully saturated rings. The summed E-state index contributed by atoms with van der Waals surface area (Å²) in [5, 5.41) is 7.96. The largest absolute Gasteiger partial charge is 0.378 e. The third-order valence-electron chi connectivity index (χ3n) is 4.72. The minimum absolute atomic E-state index is 0.0480. The molecule has 0 radical (unpaired) electrons. The first kappa shape index (κ1) is 17.4. The van der Waals surface area contributed by atoms with Crippen LogP contribution in [0.2, 0.25) is 0 Å². The zero-order chi connectivity index (χ0) is 17.9. The van der Waals surface area contributed by atoms with Crippen LogP contribution in [0.4, 0.5) is 5.82 Å². The third-order valence-corrected chi connectivity index (χ3v) is 4.72. The molecule has 3 rings (SSSR count). The molecule has 3 aromatic rings. The molecule has 1 unspecified atom stereocenters. The van der Waals surface area contributed by atoms with E-state index in [4.69, 9.17) is 4.74 Å². The van der Waals surface area contributed by atoms with Crippen molar-refractivity contribution in [2.75, 3.05) is 12.4 Å². The lowest BCUT2D eigenvalue weighted by molar-refractivity contribution is 0.181. The Hall–Kier alpha value is -2.47. The number of hydrogen-bond acceptors (Lipinski definition) is 5. The Morgan fingerprint density at radius 2 is 2.00 bits per heavy atom. The highest BCUT2D eigenvalue weighted by Gasteiger charge is 2.30. The highest BCUT2D eigenvalue weighted by Crippen LogP contribution is 2.31. The van der Waals surface area contributed by atoms with Crippen LogP contribution < -0.4 is 5.32 Å². The molecular formula is C19H25N5O. The van der Waals surface area contributed by atoms with Crippen molar-refractivity contribution >= 4 is 11.6 Å². The van der Waals surface area contributed by atoms with E-state index in [1.54, 1.807) is 11.6 Å². The van der Waals surface area contributed by atoms with Gasteiger partial charge in [-0.15, -0.1) is 0 Å².